The highest BCUT2D eigenvalue weighted by molar-refractivity contribution is 8.14. The summed E-state index contributed by atoms with van der Waals surface area (Å²) in [6.45, 7) is 36.5. The highest BCUT2D eigenvalue weighted by Gasteiger charge is 2.57. The number of aliphatic hydroxyl groups is 8. The zero-order valence-electron chi connectivity index (χ0n) is 83.4. The van der Waals surface area contributed by atoms with Gasteiger partial charge in [-0.25, -0.2) is 42.8 Å². The van der Waals surface area contributed by atoms with Crippen LogP contribution in [-0.2, 0) is 99.7 Å². The zero-order chi connectivity index (χ0) is 108. The molecule has 0 aliphatic carbocycles. The zero-order valence-corrected chi connectivity index (χ0v) is 91.9. The number of ether oxygens (including phenoxy) is 3. The molecule has 15 N–H and O–H groups in total. The third-order valence-electron chi connectivity index (χ3n) is 21.1. The van der Waals surface area contributed by atoms with Crippen LogP contribution in [0.25, 0.3) is 0 Å². The number of thioether (sulfide) groups is 6. The lowest BCUT2D eigenvalue weighted by Crippen LogP contribution is -2.55. The molecule has 8 aliphatic rings. The van der Waals surface area contributed by atoms with Gasteiger partial charge in [0.1, 0.15) is 75.0 Å². The number of ketones is 1. The fourth-order valence-electron chi connectivity index (χ4n) is 13.5. The van der Waals surface area contributed by atoms with Gasteiger partial charge >= 0.3 is 67.0 Å². The van der Waals surface area contributed by atoms with Gasteiger partial charge in [0.25, 0.3) is 0 Å². The summed E-state index contributed by atoms with van der Waals surface area (Å²) in [4.78, 5) is 127. The van der Waals surface area contributed by atoms with Gasteiger partial charge in [0.05, 0.1) is 110 Å². The molecule has 3 aromatic carbocycles. The topological polar surface area (TPSA) is 600 Å². The van der Waals surface area contributed by atoms with E-state index in [2.05, 4.69) is 56.0 Å². The normalized spacial score (nSPS) is 26.9. The third-order valence-corrected chi connectivity index (χ3v) is 36.5. The molecule has 3 aromatic rings. The molecular weight excluding hydrogens is 2100 g/mol. The SMILES string of the molecule is C=C1C=CN([C@@H]2S[C@H](COP(=O)(NC(C)C(=O)OC(C)C)OCCSC(=O)C(C)(C)C)[C@@H](O)[C@H]2O)C(=O)N1.C=C1C=CN([C@@H]2S[C@H](COP(=O)(NC(C)C(=O)OC(C)C)Oc3ccccc3)[C@@H](O)[C@@]2(C)O)C(=O)N1.C=C1C=CN([C@@H]2S[C@H](COP(=O)(NCc3ccccc3)OCCSC(=O)C(C)(C)C)[C@@H](O)[C@H]2O)C(=O)N1.CC(C)OC(=O)C(C)NP(=O)(OC[C@H]1S[C@@H](N2C=CC(=O)CC2=O)[C@H](O)[C@@H]1O)Oc1ccccc1. The molecule has 7 amide bonds. The summed E-state index contributed by atoms with van der Waals surface area (Å²) in [7, 11) is -16.3. The van der Waals surface area contributed by atoms with Gasteiger partial charge in [-0.15, -0.1) is 47.0 Å². The Morgan fingerprint density at radius 3 is 1.12 bits per heavy atom. The minimum Gasteiger partial charge on any atom is -0.462 e. The Morgan fingerprint density at radius 1 is 0.445 bits per heavy atom. The maximum atomic E-state index is 13.7. The van der Waals surface area contributed by atoms with Crippen molar-refractivity contribution in [3.05, 3.63) is 182 Å². The van der Waals surface area contributed by atoms with Crippen LogP contribution < -0.4 is 45.3 Å². The van der Waals surface area contributed by atoms with Crippen molar-refractivity contribution >= 4 is 159 Å². The first-order valence-corrected chi connectivity index (χ1v) is 58.0. The smallest absolute Gasteiger partial charge is 0.459 e. The molecule has 44 nitrogen and oxygen atoms in total. The predicted molar refractivity (Wildman–Crippen MR) is 554 cm³/mol. The number of hydrogen-bond donors (Lipinski definition) is 15. The molecule has 0 saturated carbocycles. The van der Waals surface area contributed by atoms with E-state index in [4.69, 9.17) is 50.4 Å². The average molecular weight is 2240 g/mol. The number of urea groups is 3. The van der Waals surface area contributed by atoms with Crippen molar-refractivity contribution < 1.29 is 157 Å². The number of carbonyl (C=O) groups is 10. The van der Waals surface area contributed by atoms with Crippen LogP contribution in [0.2, 0.25) is 0 Å². The molecule has 4 saturated heterocycles. The molecule has 810 valence electrons. The molecule has 7 unspecified atom stereocenters. The van der Waals surface area contributed by atoms with Gasteiger partial charge in [-0.3, -0.25) is 75.4 Å². The van der Waals surface area contributed by atoms with E-state index in [1.807, 2.05) is 51.1 Å². The van der Waals surface area contributed by atoms with E-state index >= 15 is 0 Å². The second-order valence-corrected chi connectivity index (χ2v) is 51.4. The van der Waals surface area contributed by atoms with Crippen molar-refractivity contribution in [3.8, 4) is 11.5 Å². The predicted octanol–water partition coefficient (Wildman–Crippen LogP) is 10.3. The van der Waals surface area contributed by atoms with Crippen LogP contribution in [0.1, 0.15) is 123 Å². The molecule has 0 bridgehead atoms. The summed E-state index contributed by atoms with van der Waals surface area (Å²) in [6.07, 6.45) is 1.03. The molecule has 0 radical (unpaired) electrons. The van der Waals surface area contributed by atoms with Gasteiger partial charge in [-0.1, -0.05) is 152 Å². The van der Waals surface area contributed by atoms with Gasteiger partial charge < -0.3 is 85.0 Å². The van der Waals surface area contributed by atoms with Gasteiger partial charge in [0.15, 0.2) is 16.0 Å². The number of benzene rings is 3. The van der Waals surface area contributed by atoms with Crippen LogP contribution in [0.4, 0.5) is 14.4 Å². The summed E-state index contributed by atoms with van der Waals surface area (Å²) in [6, 6.07) is 21.1. The molecule has 0 aromatic heterocycles. The van der Waals surface area contributed by atoms with Crippen molar-refractivity contribution in [1.29, 1.82) is 0 Å². The Hall–Kier alpha value is -7.56. The molecule has 8 heterocycles. The Balaban J connectivity index is 0.000000238. The quantitative estimate of drug-likeness (QED) is 0.00823. The monoisotopic (exact) mass is 2240 g/mol. The van der Waals surface area contributed by atoms with Crippen LogP contribution >= 0.6 is 102 Å². The first-order valence-electron chi connectivity index (χ1n) is 46.1. The maximum absolute atomic E-state index is 13.7. The number of rotatable bonds is 43. The van der Waals surface area contributed by atoms with E-state index in [0.29, 0.717) is 22.8 Å². The molecule has 11 rings (SSSR count). The number of esters is 3. The minimum absolute atomic E-state index is 0.000201. The number of allylic oxidation sites excluding steroid dienone is 4. The Morgan fingerprint density at radius 2 is 0.767 bits per heavy atom. The van der Waals surface area contributed by atoms with Gasteiger partial charge in [-0.05, 0) is 123 Å². The van der Waals surface area contributed by atoms with Crippen molar-refractivity contribution in [3.63, 3.8) is 0 Å². The standard InChI is InChI=1S/C24H34N3O7PS2.C23H38N3O9PS2.C23H32N3O8PS.C22H29N2O9PS/c1-16-10-11-27(23(31)26-16)21-20(29)19(28)18(37-21)15-34-35(32,25-14-17-8-6-5-7-9-17)33-12-13-36-22(30)24(2,3)4;1-13(2)35-20(29)15(4)25-36(32,33-10-11-37-21(30)23(5,6)7)34-12-16-17(27)18(28)19(38-16)26-9-8-14(3)24-22(26)31;1-14(2)33-20(28)16(4)25-35(31,34-17-9-7-6-8-10-17)32-13-18-19(27)23(5,30)21(36-18)26-12-11-15(3)24-22(26)29;1-13(2)32-22(29)14(3)23-34(30,33-16-7-5-4-6-8-16)31-12-17-19(27)20(28)21(35-17)24-10-9-15(25)11-18(24)26/h5-11,18-21,28-29H,1,12-15H2,2-4H3,(H,25,32)(H,26,31);8-9,13,15-19,27-28H,3,10-12H2,1-2,4-7H3,(H,24,31)(H,25,32);6-12,14,16,18-19,21,27,30H,3,13H2,1-2,4-5H3,(H,24,29)(H,25,31);4-10,13-14,17,19-21,27-28H,11-12H2,1-3H3,(H,23,30)/t18-,19-,20-,21-,35?;15?,16-,17-,18-,19-,36?;16?,18-,19-,21-,23-,35?;14?,17-,19-,20-,21-,34?/m1111/s1. The molecule has 4 fully saturated rings. The molecule has 54 heteroatoms. The first kappa shape index (κ1) is 124. The van der Waals surface area contributed by atoms with Crippen molar-refractivity contribution in [2.24, 2.45) is 10.8 Å². The van der Waals surface area contributed by atoms with Crippen molar-refractivity contribution in [2.75, 3.05) is 51.1 Å². The molecule has 8 aliphatic heterocycles. The van der Waals surface area contributed by atoms with E-state index in [-0.39, 0.29) is 98.1 Å². The number of aliphatic hydroxyl groups excluding tert-OH is 7. The molecular formula is C92H133N11O33P4S6. The first-order chi connectivity index (χ1) is 68.2. The molecule has 0 spiro atoms. The second kappa shape index (κ2) is 55.6. The summed E-state index contributed by atoms with van der Waals surface area (Å²) < 4.78 is 115. The van der Waals surface area contributed by atoms with E-state index in [1.165, 1.54) is 78.2 Å². The number of carbonyl (C=O) groups excluding carboxylic acids is 10. The van der Waals surface area contributed by atoms with E-state index in [1.54, 1.807) is 141 Å². The van der Waals surface area contributed by atoms with E-state index in [9.17, 15) is 107 Å². The van der Waals surface area contributed by atoms with Crippen LogP contribution in [0.5, 0.6) is 11.5 Å². The van der Waals surface area contributed by atoms with Crippen molar-refractivity contribution in [1.82, 2.24) is 55.9 Å². The Labute approximate surface area is 874 Å². The highest BCUT2D eigenvalue weighted by atomic mass is 32.2. The minimum atomic E-state index is -4.16. The third kappa shape index (κ3) is 37.2. The molecule has 23 atom stereocenters. The maximum Gasteiger partial charge on any atom is 0.459 e. The largest absolute Gasteiger partial charge is 0.462 e. The lowest BCUT2D eigenvalue weighted by Gasteiger charge is -2.36. The Kier molecular flexibility index (Phi) is 47.1. The van der Waals surface area contributed by atoms with Gasteiger partial charge in [0.2, 0.25) is 5.91 Å². The van der Waals surface area contributed by atoms with Crippen LogP contribution in [0.15, 0.2) is 177 Å². The lowest BCUT2D eigenvalue weighted by atomic mass is 9.96. The second-order valence-electron chi connectivity index (χ2n) is 36.9. The van der Waals surface area contributed by atoms with Crippen LogP contribution in [-0.4, -0.2) is 297 Å². The van der Waals surface area contributed by atoms with E-state index in [0.717, 1.165) is 76.1 Å². The van der Waals surface area contributed by atoms with Crippen LogP contribution in [0, 0.1) is 10.8 Å². The van der Waals surface area contributed by atoms with Crippen LogP contribution in [0.3, 0.4) is 0 Å². The Bertz CT molecular complexity index is 5370. The van der Waals surface area contributed by atoms with Crippen molar-refractivity contribution in [2.45, 2.75) is 251 Å². The highest BCUT2D eigenvalue weighted by Crippen LogP contribution is 2.54. The van der Waals surface area contributed by atoms with E-state index < -0.39 is 199 Å². The molecule has 146 heavy (non-hydrogen) atoms. The number of nitrogens with one attached hydrogen (secondary N) is 7. The fourth-order valence-corrected chi connectivity index (χ4v) is 27.5. The lowest BCUT2D eigenvalue weighted by molar-refractivity contribution is -0.150. The van der Waals surface area contributed by atoms with Gasteiger partial charge in [-0.2, -0.15) is 10.2 Å². The summed E-state index contributed by atoms with van der Waals surface area (Å²) >= 11 is 6.44. The summed E-state index contributed by atoms with van der Waals surface area (Å²) in [5.74, 6) is -1.88. The summed E-state index contributed by atoms with van der Waals surface area (Å²) in [5, 5.41) is 97.0. The number of para-hydroxylation sites is 2. The average Bonchev–Trinajstić information content (AvgIpc) is 1.61. The number of nitrogens with zero attached hydrogens (tertiary/aromatic N) is 4. The fraction of sp³-hybridized carbons (Fsp3) is 0.543. The van der Waals surface area contributed by atoms with Gasteiger partial charge in [0, 0.05) is 70.8 Å². The summed E-state index contributed by atoms with van der Waals surface area (Å²) in [5.41, 5.74) is -0.705. The number of amides is 7. The number of hydrogen-bond acceptors (Lipinski definition) is 39.